The number of nitrogens with one attached hydrogen (secondary N) is 1. The quantitative estimate of drug-likeness (QED) is 0.816. The molecule has 0 unspecified atom stereocenters. The van der Waals surface area contributed by atoms with Gasteiger partial charge in [-0.3, -0.25) is 0 Å². The van der Waals surface area contributed by atoms with E-state index in [0.29, 0.717) is 24.6 Å². The average Bonchev–Trinajstić information content (AvgIpc) is 2.51. The van der Waals surface area contributed by atoms with Gasteiger partial charge in [-0.2, -0.15) is 13.2 Å². The first-order chi connectivity index (χ1) is 11.7. The van der Waals surface area contributed by atoms with Gasteiger partial charge in [0.05, 0.1) is 5.54 Å². The number of benzene rings is 1. The molecule has 5 nitrogen and oxygen atoms in total. The molecule has 0 saturated heterocycles. The van der Waals surface area contributed by atoms with E-state index >= 15 is 0 Å². The van der Waals surface area contributed by atoms with Crippen molar-refractivity contribution >= 4 is 11.9 Å². The summed E-state index contributed by atoms with van der Waals surface area (Å²) in [5.41, 5.74) is -2.51. The summed E-state index contributed by atoms with van der Waals surface area (Å²) in [6.07, 6.45) is -2.22. The highest BCUT2D eigenvalue weighted by Crippen LogP contribution is 2.44. The number of aromatic nitrogens is 2. The summed E-state index contributed by atoms with van der Waals surface area (Å²) in [6, 6.07) is 5.65. The van der Waals surface area contributed by atoms with Crippen molar-refractivity contribution < 1.29 is 27.5 Å². The minimum Gasteiger partial charge on any atom is -0.478 e. The Bertz CT molecular complexity index is 802. The highest BCUT2D eigenvalue weighted by Gasteiger charge is 2.41. The van der Waals surface area contributed by atoms with Crippen LogP contribution in [0.1, 0.15) is 40.9 Å². The minimum atomic E-state index is -4.92. The number of aromatic carboxylic acids is 1. The largest absolute Gasteiger partial charge is 0.478 e. The third-order valence-corrected chi connectivity index (χ3v) is 4.24. The molecule has 0 atom stereocenters. The molecule has 1 saturated carbocycles. The SMILES string of the molecule is O=C(O)c1cnc(NC2(c3ccc(F)cc3)CCC2)nc1C(F)(F)F. The van der Waals surface area contributed by atoms with Crippen LogP contribution < -0.4 is 5.32 Å². The molecular formula is C16H13F4N3O2. The van der Waals surface area contributed by atoms with Gasteiger partial charge in [0.25, 0.3) is 0 Å². The fourth-order valence-corrected chi connectivity index (χ4v) is 2.81. The number of anilines is 1. The van der Waals surface area contributed by atoms with E-state index in [4.69, 9.17) is 5.11 Å². The predicted molar refractivity (Wildman–Crippen MR) is 79.5 cm³/mol. The number of hydrogen-bond donors (Lipinski definition) is 2. The molecule has 1 aromatic carbocycles. The molecule has 0 spiro atoms. The van der Waals surface area contributed by atoms with E-state index in [9.17, 15) is 22.4 Å². The molecule has 1 aromatic heterocycles. The molecule has 0 bridgehead atoms. The zero-order chi connectivity index (χ0) is 18.2. The van der Waals surface area contributed by atoms with E-state index in [1.54, 1.807) is 12.1 Å². The first-order valence-electron chi connectivity index (χ1n) is 7.43. The smallest absolute Gasteiger partial charge is 0.434 e. The standard InChI is InChI=1S/C16H13F4N3O2/c17-10-4-2-9(3-5-10)15(6-1-7-15)23-14-21-8-11(13(24)25)12(22-14)16(18,19)20/h2-5,8H,1,6-7H2,(H,24,25)(H,21,22,23). The van der Waals surface area contributed by atoms with Gasteiger partial charge in [-0.25, -0.2) is 19.2 Å². The van der Waals surface area contributed by atoms with E-state index in [1.807, 2.05) is 0 Å². The van der Waals surface area contributed by atoms with E-state index in [1.165, 1.54) is 12.1 Å². The Morgan fingerprint density at radius 1 is 1.20 bits per heavy atom. The molecule has 0 aliphatic heterocycles. The van der Waals surface area contributed by atoms with Crippen molar-refractivity contribution in [1.29, 1.82) is 0 Å². The van der Waals surface area contributed by atoms with Gasteiger partial charge >= 0.3 is 12.1 Å². The maximum atomic E-state index is 13.1. The number of hydrogen-bond acceptors (Lipinski definition) is 4. The second-order valence-corrected chi connectivity index (χ2v) is 5.83. The fraction of sp³-hybridized carbons (Fsp3) is 0.312. The Balaban J connectivity index is 1.96. The van der Waals surface area contributed by atoms with E-state index in [0.717, 1.165) is 6.42 Å². The highest BCUT2D eigenvalue weighted by molar-refractivity contribution is 5.88. The lowest BCUT2D eigenvalue weighted by atomic mass is 9.72. The second-order valence-electron chi connectivity index (χ2n) is 5.83. The summed E-state index contributed by atoms with van der Waals surface area (Å²) in [6.45, 7) is 0. The lowest BCUT2D eigenvalue weighted by Gasteiger charge is -2.43. The van der Waals surface area contributed by atoms with Crippen molar-refractivity contribution in [3.8, 4) is 0 Å². The topological polar surface area (TPSA) is 75.1 Å². The van der Waals surface area contributed by atoms with Crippen molar-refractivity contribution in [2.24, 2.45) is 0 Å². The summed E-state index contributed by atoms with van der Waals surface area (Å²) in [5.74, 6) is -2.49. The molecule has 1 aliphatic rings. The van der Waals surface area contributed by atoms with Gasteiger partial charge < -0.3 is 10.4 Å². The van der Waals surface area contributed by atoms with Crippen LogP contribution in [-0.4, -0.2) is 21.0 Å². The zero-order valence-electron chi connectivity index (χ0n) is 12.8. The van der Waals surface area contributed by atoms with Crippen LogP contribution in [0.25, 0.3) is 0 Å². The third-order valence-electron chi connectivity index (χ3n) is 4.24. The summed E-state index contributed by atoms with van der Waals surface area (Å²) < 4.78 is 52.3. The van der Waals surface area contributed by atoms with E-state index in [2.05, 4.69) is 15.3 Å². The molecule has 25 heavy (non-hydrogen) atoms. The van der Waals surface area contributed by atoms with Gasteiger partial charge in [0, 0.05) is 6.20 Å². The van der Waals surface area contributed by atoms with Crippen LogP contribution >= 0.6 is 0 Å². The first kappa shape index (κ1) is 17.1. The number of halogens is 4. The number of carbonyl (C=O) groups is 1. The number of rotatable bonds is 4. The van der Waals surface area contributed by atoms with Crippen LogP contribution in [0.3, 0.4) is 0 Å². The monoisotopic (exact) mass is 355 g/mol. The molecule has 9 heteroatoms. The average molecular weight is 355 g/mol. The Hall–Kier alpha value is -2.71. The number of carboxylic acids is 1. The Morgan fingerprint density at radius 3 is 2.32 bits per heavy atom. The van der Waals surface area contributed by atoms with Gasteiger partial charge in [0.2, 0.25) is 5.95 Å². The van der Waals surface area contributed by atoms with Crippen molar-refractivity contribution in [1.82, 2.24) is 9.97 Å². The van der Waals surface area contributed by atoms with Gasteiger partial charge in [0.15, 0.2) is 5.69 Å². The summed E-state index contributed by atoms with van der Waals surface area (Å²) >= 11 is 0. The molecule has 132 valence electrons. The van der Waals surface area contributed by atoms with Gasteiger partial charge in [0.1, 0.15) is 11.4 Å². The van der Waals surface area contributed by atoms with Crippen LogP contribution in [-0.2, 0) is 11.7 Å². The number of carboxylic acid groups (broad SMARTS) is 1. The maximum Gasteiger partial charge on any atom is 0.434 e. The van der Waals surface area contributed by atoms with E-state index in [-0.39, 0.29) is 5.95 Å². The molecule has 1 fully saturated rings. The van der Waals surface area contributed by atoms with Crippen molar-refractivity contribution in [2.45, 2.75) is 31.0 Å². The van der Waals surface area contributed by atoms with Crippen molar-refractivity contribution in [3.63, 3.8) is 0 Å². The minimum absolute atomic E-state index is 0.318. The highest BCUT2D eigenvalue weighted by atomic mass is 19.4. The van der Waals surface area contributed by atoms with Gasteiger partial charge in [-0.15, -0.1) is 0 Å². The molecule has 3 rings (SSSR count). The predicted octanol–water partition coefficient (Wildman–Crippen LogP) is 3.82. The lowest BCUT2D eigenvalue weighted by molar-refractivity contribution is -0.141. The maximum absolute atomic E-state index is 13.1. The summed E-state index contributed by atoms with van der Waals surface area (Å²) in [7, 11) is 0. The molecule has 1 heterocycles. The molecule has 1 aliphatic carbocycles. The summed E-state index contributed by atoms with van der Waals surface area (Å²) in [5, 5.41) is 11.7. The Labute approximate surface area is 139 Å². The van der Waals surface area contributed by atoms with Crippen molar-refractivity contribution in [2.75, 3.05) is 5.32 Å². The van der Waals surface area contributed by atoms with Crippen LogP contribution in [0.2, 0.25) is 0 Å². The van der Waals surface area contributed by atoms with Crippen LogP contribution in [0.4, 0.5) is 23.5 Å². The number of alkyl halides is 3. The Kier molecular flexibility index (Phi) is 4.09. The van der Waals surface area contributed by atoms with Crippen LogP contribution in [0.5, 0.6) is 0 Å². The van der Waals surface area contributed by atoms with Crippen molar-refractivity contribution in [3.05, 3.63) is 53.1 Å². The van der Waals surface area contributed by atoms with Crippen LogP contribution in [0.15, 0.2) is 30.5 Å². The number of nitrogens with zero attached hydrogens (tertiary/aromatic N) is 2. The molecule has 0 amide bonds. The second kappa shape index (κ2) is 5.98. The van der Waals surface area contributed by atoms with E-state index < -0.39 is 34.8 Å². The first-order valence-corrected chi connectivity index (χ1v) is 7.43. The van der Waals surface area contributed by atoms with Crippen LogP contribution in [0, 0.1) is 5.82 Å². The zero-order valence-corrected chi connectivity index (χ0v) is 12.8. The van der Waals surface area contributed by atoms with Gasteiger partial charge in [-0.1, -0.05) is 12.1 Å². The normalized spacial score (nSPS) is 16.2. The van der Waals surface area contributed by atoms with Gasteiger partial charge in [-0.05, 0) is 37.0 Å². The summed E-state index contributed by atoms with van der Waals surface area (Å²) in [4.78, 5) is 18.0. The molecular weight excluding hydrogens is 342 g/mol. The third kappa shape index (κ3) is 3.26. The Morgan fingerprint density at radius 2 is 1.84 bits per heavy atom. The fourth-order valence-electron chi connectivity index (χ4n) is 2.81. The molecule has 2 N–H and O–H groups in total. The molecule has 2 aromatic rings. The molecule has 0 radical (unpaired) electrons. The lowest BCUT2D eigenvalue weighted by Crippen LogP contribution is -2.42.